The summed E-state index contributed by atoms with van der Waals surface area (Å²) in [6.07, 6.45) is 2.21. The minimum absolute atomic E-state index is 0. The van der Waals surface area contributed by atoms with E-state index in [1.54, 1.807) is 0 Å². The summed E-state index contributed by atoms with van der Waals surface area (Å²) in [7, 11) is 0. The lowest BCUT2D eigenvalue weighted by molar-refractivity contribution is -0.122. The van der Waals surface area contributed by atoms with Gasteiger partial charge in [0.05, 0.1) is 5.92 Å². The third-order valence-corrected chi connectivity index (χ3v) is 5.03. The Kier molecular flexibility index (Phi) is 7.03. The van der Waals surface area contributed by atoms with Crippen molar-refractivity contribution >= 4 is 18.3 Å². The van der Waals surface area contributed by atoms with Gasteiger partial charge in [-0.15, -0.1) is 12.4 Å². The molecule has 0 radical (unpaired) electrons. The molecule has 0 aliphatic carbocycles. The SMILES string of the molecule is CC1(CNC(=O)C(c2ccccc2)c2ccccc2)CCNCC1.Cl. The number of hydrogen-bond donors (Lipinski definition) is 2. The molecule has 1 amide bonds. The van der Waals surface area contributed by atoms with Crippen molar-refractivity contribution in [3.05, 3.63) is 71.8 Å². The molecule has 2 aromatic rings. The first-order valence-electron chi connectivity index (χ1n) is 8.76. The Morgan fingerprint density at radius 2 is 1.48 bits per heavy atom. The highest BCUT2D eigenvalue weighted by Crippen LogP contribution is 2.28. The van der Waals surface area contributed by atoms with Gasteiger partial charge in [0.15, 0.2) is 0 Å². The van der Waals surface area contributed by atoms with E-state index in [1.165, 1.54) is 0 Å². The number of carbonyl (C=O) groups excluding carboxylic acids is 1. The van der Waals surface area contributed by atoms with E-state index in [0.717, 1.165) is 43.6 Å². The van der Waals surface area contributed by atoms with Crippen LogP contribution in [0.3, 0.4) is 0 Å². The number of nitrogens with one attached hydrogen (secondary N) is 2. The fourth-order valence-corrected chi connectivity index (χ4v) is 3.40. The first-order chi connectivity index (χ1) is 11.7. The maximum absolute atomic E-state index is 13.0. The van der Waals surface area contributed by atoms with Gasteiger partial charge < -0.3 is 10.6 Å². The van der Waals surface area contributed by atoms with Crippen molar-refractivity contribution in [2.45, 2.75) is 25.7 Å². The second kappa shape index (κ2) is 9.02. The molecule has 0 bridgehead atoms. The quantitative estimate of drug-likeness (QED) is 0.854. The monoisotopic (exact) mass is 358 g/mol. The zero-order valence-electron chi connectivity index (χ0n) is 14.7. The van der Waals surface area contributed by atoms with Gasteiger partial charge in [-0.25, -0.2) is 0 Å². The molecular weight excluding hydrogens is 332 g/mol. The fourth-order valence-electron chi connectivity index (χ4n) is 3.40. The number of hydrogen-bond acceptors (Lipinski definition) is 2. The molecule has 0 saturated carbocycles. The summed E-state index contributed by atoms with van der Waals surface area (Å²) in [6.45, 7) is 5.08. The molecule has 0 atom stereocenters. The van der Waals surface area contributed by atoms with E-state index in [2.05, 4.69) is 17.6 Å². The smallest absolute Gasteiger partial charge is 0.232 e. The van der Waals surface area contributed by atoms with Crippen molar-refractivity contribution in [2.24, 2.45) is 5.41 Å². The molecule has 0 spiro atoms. The molecule has 25 heavy (non-hydrogen) atoms. The molecule has 1 fully saturated rings. The minimum Gasteiger partial charge on any atom is -0.355 e. The standard InChI is InChI=1S/C21H26N2O.ClH/c1-21(12-14-22-15-13-21)16-23-20(24)19(17-8-4-2-5-9-17)18-10-6-3-7-11-18;/h2-11,19,22H,12-16H2,1H3,(H,23,24);1H. The molecule has 1 saturated heterocycles. The van der Waals surface area contributed by atoms with Gasteiger partial charge in [0.25, 0.3) is 0 Å². The second-order valence-electron chi connectivity index (χ2n) is 7.03. The van der Waals surface area contributed by atoms with Gasteiger partial charge >= 0.3 is 0 Å². The van der Waals surface area contributed by atoms with E-state index < -0.39 is 0 Å². The van der Waals surface area contributed by atoms with Crippen molar-refractivity contribution in [1.29, 1.82) is 0 Å². The summed E-state index contributed by atoms with van der Waals surface area (Å²) >= 11 is 0. The largest absolute Gasteiger partial charge is 0.355 e. The Morgan fingerprint density at radius 3 is 1.96 bits per heavy atom. The molecule has 2 N–H and O–H groups in total. The van der Waals surface area contributed by atoms with Gasteiger partial charge in [0.1, 0.15) is 0 Å². The predicted octanol–water partition coefficient (Wildman–Crippen LogP) is 3.75. The summed E-state index contributed by atoms with van der Waals surface area (Å²) in [6, 6.07) is 20.1. The van der Waals surface area contributed by atoms with Crippen molar-refractivity contribution in [2.75, 3.05) is 19.6 Å². The van der Waals surface area contributed by atoms with Crippen LogP contribution < -0.4 is 10.6 Å². The minimum atomic E-state index is -0.252. The molecule has 3 rings (SSSR count). The molecule has 1 heterocycles. The number of halogens is 1. The number of amides is 1. The Morgan fingerprint density at radius 1 is 1.00 bits per heavy atom. The maximum atomic E-state index is 13.0. The van der Waals surface area contributed by atoms with E-state index in [-0.39, 0.29) is 29.6 Å². The summed E-state index contributed by atoms with van der Waals surface area (Å²) in [5.41, 5.74) is 2.27. The van der Waals surface area contributed by atoms with Crippen LogP contribution in [-0.2, 0) is 4.79 Å². The first kappa shape index (κ1) is 19.5. The molecule has 2 aromatic carbocycles. The molecule has 134 valence electrons. The van der Waals surface area contributed by atoms with Gasteiger partial charge in [-0.05, 0) is 42.5 Å². The van der Waals surface area contributed by atoms with Crippen molar-refractivity contribution in [1.82, 2.24) is 10.6 Å². The first-order valence-corrected chi connectivity index (χ1v) is 8.76. The lowest BCUT2D eigenvalue weighted by atomic mass is 9.80. The summed E-state index contributed by atoms with van der Waals surface area (Å²) in [5, 5.41) is 6.61. The number of piperidine rings is 1. The van der Waals surface area contributed by atoms with Gasteiger partial charge in [-0.2, -0.15) is 0 Å². The summed E-state index contributed by atoms with van der Waals surface area (Å²) in [4.78, 5) is 13.0. The molecule has 0 unspecified atom stereocenters. The summed E-state index contributed by atoms with van der Waals surface area (Å²) in [5.74, 6) is -0.162. The second-order valence-corrected chi connectivity index (χ2v) is 7.03. The molecule has 1 aliphatic rings. The molecular formula is C21H27ClN2O. The molecule has 4 heteroatoms. The van der Waals surface area contributed by atoms with Crippen molar-refractivity contribution < 1.29 is 4.79 Å². The zero-order valence-corrected chi connectivity index (χ0v) is 15.5. The van der Waals surface area contributed by atoms with E-state index in [0.29, 0.717) is 0 Å². The van der Waals surface area contributed by atoms with E-state index >= 15 is 0 Å². The predicted molar refractivity (Wildman–Crippen MR) is 105 cm³/mol. The Balaban J connectivity index is 0.00000225. The normalized spacial score (nSPS) is 16.1. The van der Waals surface area contributed by atoms with Crippen molar-refractivity contribution in [3.63, 3.8) is 0 Å². The van der Waals surface area contributed by atoms with E-state index in [4.69, 9.17) is 0 Å². The Labute approximate surface area is 156 Å². The van der Waals surface area contributed by atoms with Crippen LogP contribution in [0, 0.1) is 5.41 Å². The number of benzene rings is 2. The van der Waals surface area contributed by atoms with Crippen LogP contribution in [0.1, 0.15) is 36.8 Å². The van der Waals surface area contributed by atoms with Crippen LogP contribution in [0.4, 0.5) is 0 Å². The van der Waals surface area contributed by atoms with Gasteiger partial charge in [0, 0.05) is 6.54 Å². The van der Waals surface area contributed by atoms with Crippen LogP contribution in [0.2, 0.25) is 0 Å². The number of carbonyl (C=O) groups is 1. The average Bonchev–Trinajstić information content (AvgIpc) is 2.63. The van der Waals surface area contributed by atoms with Crippen LogP contribution >= 0.6 is 12.4 Å². The lowest BCUT2D eigenvalue weighted by Crippen LogP contribution is -2.44. The number of rotatable bonds is 5. The summed E-state index contributed by atoms with van der Waals surface area (Å²) < 4.78 is 0. The highest BCUT2D eigenvalue weighted by atomic mass is 35.5. The van der Waals surface area contributed by atoms with Crippen LogP contribution in [-0.4, -0.2) is 25.5 Å². The molecule has 3 nitrogen and oxygen atoms in total. The lowest BCUT2D eigenvalue weighted by Gasteiger charge is -2.34. The highest BCUT2D eigenvalue weighted by molar-refractivity contribution is 5.87. The molecule has 1 aliphatic heterocycles. The van der Waals surface area contributed by atoms with Crippen molar-refractivity contribution in [3.8, 4) is 0 Å². The van der Waals surface area contributed by atoms with Crippen LogP contribution in [0.5, 0.6) is 0 Å². The maximum Gasteiger partial charge on any atom is 0.232 e. The zero-order chi connectivity index (χ0) is 16.8. The third kappa shape index (κ3) is 5.07. The Hall–Kier alpha value is -1.84. The van der Waals surface area contributed by atoms with Crippen LogP contribution in [0.15, 0.2) is 60.7 Å². The van der Waals surface area contributed by atoms with Gasteiger partial charge in [0.2, 0.25) is 5.91 Å². The fraction of sp³-hybridized carbons (Fsp3) is 0.381. The average molecular weight is 359 g/mol. The third-order valence-electron chi connectivity index (χ3n) is 5.03. The highest BCUT2D eigenvalue weighted by Gasteiger charge is 2.29. The van der Waals surface area contributed by atoms with Gasteiger partial charge in [-0.1, -0.05) is 67.6 Å². The van der Waals surface area contributed by atoms with E-state index in [1.807, 2.05) is 60.7 Å². The van der Waals surface area contributed by atoms with E-state index in [9.17, 15) is 4.79 Å². The molecule has 0 aromatic heterocycles. The van der Waals surface area contributed by atoms with Gasteiger partial charge in [-0.3, -0.25) is 4.79 Å². The van der Waals surface area contributed by atoms with Crippen LogP contribution in [0.25, 0.3) is 0 Å². The Bertz CT molecular complexity index is 615. The topological polar surface area (TPSA) is 41.1 Å².